The minimum absolute atomic E-state index is 0.0438. The van der Waals surface area contributed by atoms with Crippen LogP contribution in [0, 0.1) is 0 Å². The van der Waals surface area contributed by atoms with Gasteiger partial charge in [-0.3, -0.25) is 19.3 Å². The number of esters is 1. The van der Waals surface area contributed by atoms with E-state index in [9.17, 15) is 45.9 Å². The molecule has 2 heterocycles. The van der Waals surface area contributed by atoms with Gasteiger partial charge in [0, 0.05) is 18.2 Å². The van der Waals surface area contributed by atoms with Crippen molar-refractivity contribution in [3.05, 3.63) is 11.3 Å². The number of amides is 2. The lowest BCUT2D eigenvalue weighted by Crippen LogP contribution is -2.71. The lowest BCUT2D eigenvalue weighted by Gasteiger charge is -2.49. The maximum atomic E-state index is 12.3. The molecule has 15 heteroatoms. The molecule has 0 unspecified atom stereocenters. The van der Waals surface area contributed by atoms with Crippen LogP contribution in [0.3, 0.4) is 0 Å². The monoisotopic (exact) mass is 460 g/mol. The Morgan fingerprint density at radius 1 is 1.34 bits per heavy atom. The Hall–Kier alpha value is -2.29. The Kier molecular flexibility index (Phi) is 6.51. The number of thioether (sulfide) groups is 1. The van der Waals surface area contributed by atoms with Crippen LogP contribution < -0.4 is 5.32 Å². The molecule has 0 aromatic carbocycles. The van der Waals surface area contributed by atoms with Crippen molar-refractivity contribution in [2.75, 3.05) is 23.9 Å². The molecule has 2 aliphatic rings. The van der Waals surface area contributed by atoms with Crippen LogP contribution in [0.1, 0.15) is 6.92 Å². The summed E-state index contributed by atoms with van der Waals surface area (Å²) in [5.41, 5.74) is -0.268. The van der Waals surface area contributed by atoms with Gasteiger partial charge in [0.25, 0.3) is 5.91 Å². The SMILES string of the molecule is CC(=O)OCC1=C(C(=O)O)N2C(=O)[C@@H](NC(=O)CS(=O)(=O)CC(F)(F)F)[C@H]2SC1. The number of aliphatic carboxylic acids is 1. The highest BCUT2D eigenvalue weighted by Gasteiger charge is 2.54. The number of carboxylic acids is 1. The summed E-state index contributed by atoms with van der Waals surface area (Å²) in [6.45, 7) is 0.764. The lowest BCUT2D eigenvalue weighted by molar-refractivity contribution is -0.150. The normalized spacial score (nSPS) is 21.9. The van der Waals surface area contributed by atoms with Gasteiger partial charge in [0.15, 0.2) is 9.84 Å². The maximum absolute atomic E-state index is 12.3. The molecule has 0 spiro atoms. The first-order valence-corrected chi connectivity index (χ1v) is 10.7. The quantitative estimate of drug-likeness (QED) is 0.370. The van der Waals surface area contributed by atoms with E-state index in [2.05, 4.69) is 0 Å². The molecule has 2 rings (SSSR count). The molecule has 0 saturated carbocycles. The Labute approximate surface area is 166 Å². The number of fused-ring (bicyclic) bond motifs is 1. The number of alkyl halides is 3. The third-order valence-corrected chi connectivity index (χ3v) is 6.56. The van der Waals surface area contributed by atoms with Crippen molar-refractivity contribution in [2.24, 2.45) is 0 Å². The molecule has 2 aliphatic heterocycles. The smallest absolute Gasteiger partial charge is 0.402 e. The van der Waals surface area contributed by atoms with Crippen LogP contribution in [0.4, 0.5) is 13.2 Å². The largest absolute Gasteiger partial charge is 0.477 e. The number of rotatable bonds is 7. The van der Waals surface area contributed by atoms with Crippen molar-refractivity contribution in [2.45, 2.75) is 24.5 Å². The molecule has 162 valence electrons. The summed E-state index contributed by atoms with van der Waals surface area (Å²) in [5, 5.41) is 10.5. The van der Waals surface area contributed by atoms with E-state index in [0.717, 1.165) is 23.6 Å². The van der Waals surface area contributed by atoms with Crippen LogP contribution in [0.25, 0.3) is 0 Å². The molecule has 2 atom stereocenters. The molecule has 10 nitrogen and oxygen atoms in total. The van der Waals surface area contributed by atoms with Crippen molar-refractivity contribution < 1.29 is 50.6 Å². The second-order valence-corrected chi connectivity index (χ2v) is 9.31. The Morgan fingerprint density at radius 2 is 1.97 bits per heavy atom. The molecule has 0 bridgehead atoms. The number of ether oxygens (including phenoxy) is 1. The van der Waals surface area contributed by atoms with E-state index in [1.54, 1.807) is 0 Å². The van der Waals surface area contributed by atoms with Gasteiger partial charge in [-0.05, 0) is 0 Å². The second kappa shape index (κ2) is 8.22. The van der Waals surface area contributed by atoms with Crippen LogP contribution in [-0.2, 0) is 33.8 Å². The zero-order valence-corrected chi connectivity index (χ0v) is 16.3. The van der Waals surface area contributed by atoms with Gasteiger partial charge in [0.05, 0.1) is 0 Å². The third kappa shape index (κ3) is 5.62. The lowest BCUT2D eigenvalue weighted by atomic mass is 10.0. The van der Waals surface area contributed by atoms with Gasteiger partial charge in [-0.25, -0.2) is 13.2 Å². The van der Waals surface area contributed by atoms with Gasteiger partial charge >= 0.3 is 18.1 Å². The fourth-order valence-corrected chi connectivity index (χ4v) is 5.11. The van der Waals surface area contributed by atoms with Crippen molar-refractivity contribution in [3.63, 3.8) is 0 Å². The predicted octanol–water partition coefficient (Wildman–Crippen LogP) is -0.735. The number of halogens is 3. The molecule has 1 saturated heterocycles. The highest BCUT2D eigenvalue weighted by Crippen LogP contribution is 2.40. The summed E-state index contributed by atoms with van der Waals surface area (Å²) in [5.74, 6) is -7.91. The van der Waals surface area contributed by atoms with Gasteiger partial charge in [0.1, 0.15) is 35.2 Å². The Morgan fingerprint density at radius 3 is 2.48 bits per heavy atom. The van der Waals surface area contributed by atoms with E-state index >= 15 is 0 Å². The molecule has 1 fully saturated rings. The fraction of sp³-hybridized carbons (Fsp3) is 0.571. The van der Waals surface area contributed by atoms with Crippen LogP contribution in [0.2, 0.25) is 0 Å². The van der Waals surface area contributed by atoms with E-state index < -0.39 is 68.4 Å². The summed E-state index contributed by atoms with van der Waals surface area (Å²) in [6.07, 6.45) is -5.01. The Bertz CT molecular complexity index is 884. The van der Waals surface area contributed by atoms with E-state index in [0.29, 0.717) is 0 Å². The number of β-lactam (4-membered cyclic amide) rings is 1. The molecule has 0 aliphatic carbocycles. The van der Waals surface area contributed by atoms with Crippen LogP contribution in [-0.4, -0.2) is 83.6 Å². The molecule has 2 amide bonds. The van der Waals surface area contributed by atoms with Gasteiger partial charge in [-0.2, -0.15) is 13.2 Å². The molecule has 0 aromatic rings. The highest BCUT2D eigenvalue weighted by atomic mass is 32.2. The number of nitrogens with one attached hydrogen (secondary N) is 1. The molecule has 2 N–H and O–H groups in total. The number of hydrogen-bond donors (Lipinski definition) is 2. The fourth-order valence-electron chi connectivity index (χ4n) is 2.70. The van der Waals surface area contributed by atoms with Gasteiger partial charge in [-0.15, -0.1) is 11.8 Å². The van der Waals surface area contributed by atoms with Crippen molar-refractivity contribution in [1.29, 1.82) is 0 Å². The van der Waals surface area contributed by atoms with Crippen molar-refractivity contribution >= 4 is 45.4 Å². The summed E-state index contributed by atoms with van der Waals surface area (Å²) < 4.78 is 64.3. The minimum atomic E-state index is -5.01. The molecular weight excluding hydrogens is 445 g/mol. The van der Waals surface area contributed by atoms with E-state index in [-0.39, 0.29) is 17.9 Å². The average molecular weight is 460 g/mol. The summed E-state index contributed by atoms with van der Waals surface area (Å²) in [4.78, 5) is 47.4. The second-order valence-electron chi connectivity index (χ2n) is 6.14. The summed E-state index contributed by atoms with van der Waals surface area (Å²) >= 11 is 1.02. The molecule has 29 heavy (non-hydrogen) atoms. The average Bonchev–Trinajstić information content (AvgIpc) is 2.53. The van der Waals surface area contributed by atoms with Crippen molar-refractivity contribution in [3.8, 4) is 0 Å². The van der Waals surface area contributed by atoms with E-state index in [1.165, 1.54) is 0 Å². The number of hydrogen-bond acceptors (Lipinski definition) is 8. The van der Waals surface area contributed by atoms with Crippen LogP contribution in [0.15, 0.2) is 11.3 Å². The Balaban J connectivity index is 2.08. The summed E-state index contributed by atoms with van der Waals surface area (Å²) in [6, 6.07) is -1.29. The van der Waals surface area contributed by atoms with Crippen LogP contribution in [0.5, 0.6) is 0 Å². The predicted molar refractivity (Wildman–Crippen MR) is 91.0 cm³/mol. The minimum Gasteiger partial charge on any atom is -0.477 e. The van der Waals surface area contributed by atoms with Gasteiger partial charge in [-0.1, -0.05) is 0 Å². The first-order valence-electron chi connectivity index (χ1n) is 7.82. The number of carbonyl (C=O) groups is 4. The molecular formula is C14H15F3N2O8S2. The van der Waals surface area contributed by atoms with Crippen molar-refractivity contribution in [1.82, 2.24) is 10.2 Å². The third-order valence-electron chi connectivity index (χ3n) is 3.75. The number of sulfone groups is 1. The van der Waals surface area contributed by atoms with Gasteiger partial charge < -0.3 is 15.2 Å². The standard InChI is InChI=1S/C14H15F3N2O8S2/c1-6(20)27-2-7-3-28-12-9(11(22)19(12)10(7)13(23)24)18-8(21)4-29(25,26)5-14(15,16)17/h9,12H,2-5H2,1H3,(H,18,21)(H,23,24)/t9-,12-/m1/s1. The zero-order chi connectivity index (χ0) is 22.1. The number of carboxylic acid groups (broad SMARTS) is 1. The zero-order valence-electron chi connectivity index (χ0n) is 14.7. The van der Waals surface area contributed by atoms with Gasteiger partial charge in [0.2, 0.25) is 5.91 Å². The summed E-state index contributed by atoms with van der Waals surface area (Å²) in [7, 11) is -4.78. The number of nitrogens with zero attached hydrogens (tertiary/aromatic N) is 1. The number of carbonyl (C=O) groups excluding carboxylic acids is 3. The van der Waals surface area contributed by atoms with Crippen LogP contribution >= 0.6 is 11.8 Å². The highest BCUT2D eigenvalue weighted by molar-refractivity contribution is 8.00. The first-order chi connectivity index (χ1) is 13.2. The topological polar surface area (TPSA) is 147 Å². The molecule has 0 aromatic heterocycles. The first kappa shape index (κ1) is 23.0. The van der Waals surface area contributed by atoms with E-state index in [1.807, 2.05) is 5.32 Å². The van der Waals surface area contributed by atoms with E-state index in [4.69, 9.17) is 4.74 Å². The molecule has 0 radical (unpaired) electrons. The maximum Gasteiger partial charge on any atom is 0.402 e.